The van der Waals surface area contributed by atoms with Gasteiger partial charge in [0.15, 0.2) is 6.10 Å². The van der Waals surface area contributed by atoms with Crippen molar-refractivity contribution in [3.63, 3.8) is 0 Å². The van der Waals surface area contributed by atoms with Crippen molar-refractivity contribution < 1.29 is 41.2 Å². The summed E-state index contributed by atoms with van der Waals surface area (Å²) in [6, 6.07) is 0.437. The second kappa shape index (κ2) is 7.81. The molecule has 1 N–H and O–H groups in total. The third kappa shape index (κ3) is 8.84. The zero-order valence-corrected chi connectivity index (χ0v) is 11.9. The normalized spacial score (nSPS) is 17.6. The number of rotatable bonds is 2. The van der Waals surface area contributed by atoms with Gasteiger partial charge in [0.25, 0.3) is 5.91 Å². The third-order valence-electron chi connectivity index (χ3n) is 1.93. The average Bonchev–Trinajstić information content (AvgIpc) is 2.54. The Bertz CT molecular complexity index is 418. The number of hydrogen-bond donors (Lipinski definition) is 1. The molecular formula is C9H16BF4N3O4. The number of nitrogens with one attached hydrogen (secondary N) is 1. The van der Waals surface area contributed by atoms with Crippen LogP contribution in [0.3, 0.4) is 0 Å². The van der Waals surface area contributed by atoms with E-state index in [1.54, 1.807) is 37.7 Å². The number of imide groups is 1. The van der Waals surface area contributed by atoms with E-state index >= 15 is 0 Å². The molecule has 0 spiro atoms. The summed E-state index contributed by atoms with van der Waals surface area (Å²) in [5.74, 6) is -0.822. The Hall–Kier alpha value is -1.85. The predicted molar refractivity (Wildman–Crippen MR) is 64.7 cm³/mol. The number of carbonyl (C=O) groups is 2. The number of amidine groups is 1. The van der Waals surface area contributed by atoms with Gasteiger partial charge >= 0.3 is 13.3 Å². The number of hydrogen-bond acceptors (Lipinski definition) is 4. The molecule has 0 aromatic heterocycles. The maximum atomic E-state index is 11.2. The van der Waals surface area contributed by atoms with Crippen LogP contribution in [0.1, 0.15) is 6.42 Å². The molecule has 2 amide bonds. The van der Waals surface area contributed by atoms with Crippen LogP contribution in [0, 0.1) is 0 Å². The van der Waals surface area contributed by atoms with Crippen molar-refractivity contribution in [3.05, 3.63) is 0 Å². The standard InChI is InChI=1S/C9H15N3O4.BF4/c1-11(2)9(12(3)4)16-15-6-5-7(13)10-8(6)14;2-1(3,4)5/h6H,5H2,1-4H3;/q;-1/p+1. The van der Waals surface area contributed by atoms with Gasteiger partial charge in [0.1, 0.15) is 0 Å². The van der Waals surface area contributed by atoms with Crippen LogP contribution in [0.2, 0.25) is 0 Å². The van der Waals surface area contributed by atoms with Gasteiger partial charge < -0.3 is 17.3 Å². The maximum Gasteiger partial charge on any atom is 0.673 e. The molecule has 122 valence electrons. The zero-order valence-electron chi connectivity index (χ0n) is 11.9. The predicted octanol–water partition coefficient (Wildman–Crippen LogP) is -0.161. The monoisotopic (exact) mass is 317 g/mol. The lowest BCUT2D eigenvalue weighted by Crippen LogP contribution is -2.35. The molecule has 1 aliphatic heterocycles. The van der Waals surface area contributed by atoms with Gasteiger partial charge in [-0.15, -0.1) is 0 Å². The lowest BCUT2D eigenvalue weighted by atomic mass is 10.3. The first-order chi connectivity index (χ1) is 9.41. The molecular weight excluding hydrogens is 301 g/mol. The van der Waals surface area contributed by atoms with Crippen molar-refractivity contribution >= 4 is 25.1 Å². The van der Waals surface area contributed by atoms with Gasteiger partial charge in [-0.1, -0.05) is 0 Å². The second-order valence-electron chi connectivity index (χ2n) is 4.35. The molecule has 1 atom stereocenters. The highest BCUT2D eigenvalue weighted by atomic mass is 19.5. The summed E-state index contributed by atoms with van der Waals surface area (Å²) in [7, 11) is 1.11. The highest BCUT2D eigenvalue weighted by molar-refractivity contribution is 6.50. The molecule has 1 heterocycles. The van der Waals surface area contributed by atoms with Crippen LogP contribution in [0.4, 0.5) is 17.3 Å². The zero-order chi connectivity index (χ0) is 16.8. The van der Waals surface area contributed by atoms with Crippen molar-refractivity contribution in [1.29, 1.82) is 0 Å². The van der Waals surface area contributed by atoms with E-state index in [9.17, 15) is 26.9 Å². The van der Waals surface area contributed by atoms with Gasteiger partial charge in [0.2, 0.25) is 5.91 Å². The Morgan fingerprint density at radius 2 is 1.76 bits per heavy atom. The number of carbonyl (C=O) groups excluding carboxylic acids is 2. The topological polar surface area (TPSA) is 70.9 Å². The minimum absolute atomic E-state index is 0.00697. The summed E-state index contributed by atoms with van der Waals surface area (Å²) in [6.45, 7) is 0. The Morgan fingerprint density at radius 3 is 2.05 bits per heavy atom. The lowest BCUT2D eigenvalue weighted by Gasteiger charge is -2.11. The second-order valence-corrected chi connectivity index (χ2v) is 4.35. The van der Waals surface area contributed by atoms with Crippen LogP contribution < -0.4 is 5.32 Å². The van der Waals surface area contributed by atoms with Crippen molar-refractivity contribution in [2.24, 2.45) is 0 Å². The van der Waals surface area contributed by atoms with E-state index in [1.165, 1.54) is 0 Å². The van der Waals surface area contributed by atoms with E-state index in [-0.39, 0.29) is 12.3 Å². The van der Waals surface area contributed by atoms with Gasteiger partial charge in [0, 0.05) is 0 Å². The van der Waals surface area contributed by atoms with Gasteiger partial charge in [-0.2, -0.15) is 4.89 Å². The maximum absolute atomic E-state index is 11.2. The fourth-order valence-electron chi connectivity index (χ4n) is 1.26. The van der Waals surface area contributed by atoms with E-state index in [1.807, 2.05) is 0 Å². The Kier molecular flexibility index (Phi) is 7.12. The highest BCUT2D eigenvalue weighted by Gasteiger charge is 2.34. The lowest BCUT2D eigenvalue weighted by molar-refractivity contribution is -0.494. The highest BCUT2D eigenvalue weighted by Crippen LogP contribution is 2.07. The Balaban J connectivity index is 0.000000690. The van der Waals surface area contributed by atoms with Gasteiger partial charge in [0.05, 0.1) is 34.6 Å². The van der Waals surface area contributed by atoms with E-state index < -0.39 is 19.3 Å². The largest absolute Gasteiger partial charge is 0.673 e. The van der Waals surface area contributed by atoms with Crippen LogP contribution in [0.25, 0.3) is 0 Å². The average molecular weight is 317 g/mol. The fraction of sp³-hybridized carbons (Fsp3) is 0.667. The SMILES string of the molecule is CN(C)C(OOC1CC(=O)NC1=O)=[N+](C)C.F[B-](F)(F)F. The van der Waals surface area contributed by atoms with Crippen LogP contribution in [-0.4, -0.2) is 68.9 Å². The molecule has 7 nitrogen and oxygen atoms in total. The molecule has 0 aromatic rings. The summed E-state index contributed by atoms with van der Waals surface area (Å²) in [4.78, 5) is 33.7. The van der Waals surface area contributed by atoms with Crippen molar-refractivity contribution in [3.8, 4) is 0 Å². The minimum atomic E-state index is -6.00. The summed E-state index contributed by atoms with van der Waals surface area (Å²) in [6.07, 6.45) is -0.880. The van der Waals surface area contributed by atoms with E-state index in [0.29, 0.717) is 6.02 Å². The Labute approximate surface area is 118 Å². The first-order valence-electron chi connectivity index (χ1n) is 5.67. The van der Waals surface area contributed by atoms with Crippen LogP contribution in [0.15, 0.2) is 0 Å². The molecule has 0 bridgehead atoms. The van der Waals surface area contributed by atoms with Gasteiger partial charge in [-0.25, -0.2) is 9.48 Å². The molecule has 1 unspecified atom stereocenters. The van der Waals surface area contributed by atoms with E-state index in [2.05, 4.69) is 5.32 Å². The fourth-order valence-corrected chi connectivity index (χ4v) is 1.26. The molecule has 1 aliphatic rings. The van der Waals surface area contributed by atoms with Crippen molar-refractivity contribution in [2.45, 2.75) is 12.5 Å². The van der Waals surface area contributed by atoms with Crippen LogP contribution in [0.5, 0.6) is 0 Å². The molecule has 0 aromatic carbocycles. The van der Waals surface area contributed by atoms with Gasteiger partial charge in [-0.05, 0) is 0 Å². The number of nitrogens with zero attached hydrogens (tertiary/aromatic N) is 2. The van der Waals surface area contributed by atoms with E-state index in [0.717, 1.165) is 0 Å². The first kappa shape index (κ1) is 19.2. The smallest absolute Gasteiger partial charge is 0.418 e. The summed E-state index contributed by atoms with van der Waals surface area (Å²) in [5.41, 5.74) is 0. The summed E-state index contributed by atoms with van der Waals surface area (Å²) in [5, 5.41) is 2.13. The third-order valence-corrected chi connectivity index (χ3v) is 1.93. The van der Waals surface area contributed by atoms with Gasteiger partial charge in [-0.3, -0.25) is 19.8 Å². The number of halogens is 4. The Morgan fingerprint density at radius 1 is 1.29 bits per heavy atom. The molecule has 1 rings (SSSR count). The summed E-state index contributed by atoms with van der Waals surface area (Å²) >= 11 is 0. The molecule has 0 aliphatic carbocycles. The molecule has 0 radical (unpaired) electrons. The quantitative estimate of drug-likeness (QED) is 0.112. The van der Waals surface area contributed by atoms with Crippen LogP contribution >= 0.6 is 0 Å². The number of amides is 2. The molecule has 12 heteroatoms. The van der Waals surface area contributed by atoms with E-state index in [4.69, 9.17) is 9.78 Å². The molecule has 21 heavy (non-hydrogen) atoms. The van der Waals surface area contributed by atoms with Crippen molar-refractivity contribution in [2.75, 3.05) is 28.2 Å². The van der Waals surface area contributed by atoms with Crippen LogP contribution in [-0.2, 0) is 19.4 Å². The first-order valence-corrected chi connectivity index (χ1v) is 5.67. The summed E-state index contributed by atoms with van der Waals surface area (Å²) < 4.78 is 40.7. The molecule has 1 saturated heterocycles. The molecule has 1 fully saturated rings. The minimum Gasteiger partial charge on any atom is -0.418 e. The van der Waals surface area contributed by atoms with Crippen molar-refractivity contribution in [1.82, 2.24) is 10.2 Å². The molecule has 0 saturated carbocycles.